The second-order valence-electron chi connectivity index (χ2n) is 5.26. The van der Waals surface area contributed by atoms with Crippen LogP contribution in [0.3, 0.4) is 0 Å². The van der Waals surface area contributed by atoms with Crippen molar-refractivity contribution in [1.29, 1.82) is 0 Å². The Hall–Kier alpha value is -0.930. The summed E-state index contributed by atoms with van der Waals surface area (Å²) in [6, 6.07) is 4.95. The second kappa shape index (κ2) is 6.30. The molecule has 2 nitrogen and oxygen atoms in total. The van der Waals surface area contributed by atoms with Gasteiger partial charge < -0.3 is 10.5 Å². The SMILES string of the molecule is Cc1ccc(F)cc1CC(N)CC1CCCCO1. The van der Waals surface area contributed by atoms with Crippen LogP contribution in [0.5, 0.6) is 0 Å². The van der Waals surface area contributed by atoms with Crippen molar-refractivity contribution < 1.29 is 9.13 Å². The molecule has 2 unspecified atom stereocenters. The molecule has 1 fully saturated rings. The van der Waals surface area contributed by atoms with Crippen LogP contribution in [-0.2, 0) is 11.2 Å². The van der Waals surface area contributed by atoms with E-state index in [1.165, 1.54) is 12.5 Å². The quantitative estimate of drug-likeness (QED) is 0.893. The zero-order valence-corrected chi connectivity index (χ0v) is 11.0. The lowest BCUT2D eigenvalue weighted by Crippen LogP contribution is -2.31. The lowest BCUT2D eigenvalue weighted by Gasteiger charge is -2.25. The largest absolute Gasteiger partial charge is 0.378 e. The van der Waals surface area contributed by atoms with Crippen LogP contribution in [-0.4, -0.2) is 18.8 Å². The molecule has 2 rings (SSSR count). The minimum absolute atomic E-state index is 0.0496. The highest BCUT2D eigenvalue weighted by Crippen LogP contribution is 2.19. The van der Waals surface area contributed by atoms with Crippen LogP contribution in [0.4, 0.5) is 4.39 Å². The smallest absolute Gasteiger partial charge is 0.123 e. The van der Waals surface area contributed by atoms with Crippen LogP contribution >= 0.6 is 0 Å². The number of nitrogens with two attached hydrogens (primary N) is 1. The van der Waals surface area contributed by atoms with Gasteiger partial charge in [0.1, 0.15) is 5.82 Å². The third kappa shape index (κ3) is 3.79. The summed E-state index contributed by atoms with van der Waals surface area (Å²) in [5.41, 5.74) is 8.27. The Morgan fingerprint density at radius 1 is 1.44 bits per heavy atom. The van der Waals surface area contributed by atoms with Crippen molar-refractivity contribution in [2.75, 3.05) is 6.61 Å². The summed E-state index contributed by atoms with van der Waals surface area (Å²) in [6.07, 6.45) is 5.39. The summed E-state index contributed by atoms with van der Waals surface area (Å²) in [6.45, 7) is 2.86. The van der Waals surface area contributed by atoms with Gasteiger partial charge in [0.05, 0.1) is 6.10 Å². The monoisotopic (exact) mass is 251 g/mol. The van der Waals surface area contributed by atoms with E-state index in [4.69, 9.17) is 10.5 Å². The molecule has 100 valence electrons. The number of aryl methyl sites for hydroxylation is 1. The number of benzene rings is 1. The summed E-state index contributed by atoms with van der Waals surface area (Å²) < 4.78 is 18.9. The van der Waals surface area contributed by atoms with Crippen LogP contribution < -0.4 is 5.73 Å². The third-order valence-electron chi connectivity index (χ3n) is 3.63. The summed E-state index contributed by atoms with van der Waals surface area (Å²) in [5, 5.41) is 0. The molecule has 18 heavy (non-hydrogen) atoms. The van der Waals surface area contributed by atoms with E-state index in [1.54, 1.807) is 6.07 Å². The topological polar surface area (TPSA) is 35.2 Å². The van der Waals surface area contributed by atoms with Gasteiger partial charge in [0.2, 0.25) is 0 Å². The van der Waals surface area contributed by atoms with Gasteiger partial charge in [-0.05, 0) is 62.3 Å². The van der Waals surface area contributed by atoms with Crippen molar-refractivity contribution in [1.82, 2.24) is 0 Å². The van der Waals surface area contributed by atoms with Crippen molar-refractivity contribution in [3.05, 3.63) is 35.1 Å². The van der Waals surface area contributed by atoms with Gasteiger partial charge in [-0.1, -0.05) is 6.07 Å². The summed E-state index contributed by atoms with van der Waals surface area (Å²) in [5.74, 6) is -0.184. The number of rotatable bonds is 4. The first kappa shape index (κ1) is 13.5. The van der Waals surface area contributed by atoms with Crippen LogP contribution in [0.25, 0.3) is 0 Å². The molecule has 3 heteroatoms. The molecular formula is C15H22FNO. The highest BCUT2D eigenvalue weighted by Gasteiger charge is 2.18. The fourth-order valence-corrected chi connectivity index (χ4v) is 2.56. The molecule has 0 radical (unpaired) electrons. The summed E-state index contributed by atoms with van der Waals surface area (Å²) in [7, 11) is 0. The maximum absolute atomic E-state index is 13.2. The molecule has 1 heterocycles. The first-order chi connectivity index (χ1) is 8.65. The Kier molecular flexibility index (Phi) is 4.72. The van der Waals surface area contributed by atoms with Crippen molar-refractivity contribution >= 4 is 0 Å². The molecule has 0 aromatic heterocycles. The minimum atomic E-state index is -0.184. The second-order valence-corrected chi connectivity index (χ2v) is 5.26. The normalized spacial score (nSPS) is 21.8. The van der Waals surface area contributed by atoms with E-state index in [2.05, 4.69) is 0 Å². The molecule has 1 aromatic carbocycles. The van der Waals surface area contributed by atoms with Crippen molar-refractivity contribution in [2.24, 2.45) is 5.73 Å². The van der Waals surface area contributed by atoms with Crippen LogP contribution in [0.15, 0.2) is 18.2 Å². The molecule has 0 saturated carbocycles. The molecule has 0 spiro atoms. The highest BCUT2D eigenvalue weighted by molar-refractivity contribution is 5.27. The molecule has 0 aliphatic carbocycles. The van der Waals surface area contributed by atoms with Crippen LogP contribution in [0.2, 0.25) is 0 Å². The molecule has 0 bridgehead atoms. The van der Waals surface area contributed by atoms with Gasteiger partial charge in [-0.3, -0.25) is 0 Å². The van der Waals surface area contributed by atoms with Gasteiger partial charge in [-0.15, -0.1) is 0 Å². The summed E-state index contributed by atoms with van der Waals surface area (Å²) in [4.78, 5) is 0. The first-order valence-corrected chi connectivity index (χ1v) is 6.77. The van der Waals surface area contributed by atoms with Crippen molar-refractivity contribution in [3.8, 4) is 0 Å². The van der Waals surface area contributed by atoms with E-state index in [9.17, 15) is 4.39 Å². The average molecular weight is 251 g/mol. The average Bonchev–Trinajstić information content (AvgIpc) is 2.35. The van der Waals surface area contributed by atoms with Gasteiger partial charge in [-0.2, -0.15) is 0 Å². The molecule has 0 amide bonds. The fraction of sp³-hybridized carbons (Fsp3) is 0.600. The van der Waals surface area contributed by atoms with E-state index < -0.39 is 0 Å². The Morgan fingerprint density at radius 3 is 3.00 bits per heavy atom. The predicted octanol–water partition coefficient (Wildman–Crippen LogP) is 2.96. The maximum atomic E-state index is 13.2. The maximum Gasteiger partial charge on any atom is 0.123 e. The number of hydrogen-bond acceptors (Lipinski definition) is 2. The lowest BCUT2D eigenvalue weighted by atomic mass is 9.95. The summed E-state index contributed by atoms with van der Waals surface area (Å²) >= 11 is 0. The van der Waals surface area contributed by atoms with Gasteiger partial charge in [-0.25, -0.2) is 4.39 Å². The van der Waals surface area contributed by atoms with Crippen LogP contribution in [0, 0.1) is 12.7 Å². The molecule has 2 atom stereocenters. The Bertz CT molecular complexity index is 388. The van der Waals surface area contributed by atoms with E-state index in [0.717, 1.165) is 43.4 Å². The molecule has 1 aliphatic heterocycles. The van der Waals surface area contributed by atoms with E-state index in [1.807, 2.05) is 13.0 Å². The Balaban J connectivity index is 1.89. The fourth-order valence-electron chi connectivity index (χ4n) is 2.56. The third-order valence-corrected chi connectivity index (χ3v) is 3.63. The molecule has 1 saturated heterocycles. The van der Waals surface area contributed by atoms with E-state index in [-0.39, 0.29) is 11.9 Å². The van der Waals surface area contributed by atoms with Gasteiger partial charge in [0.15, 0.2) is 0 Å². The number of halogens is 1. The minimum Gasteiger partial charge on any atom is -0.378 e. The molecule has 1 aliphatic rings. The zero-order valence-electron chi connectivity index (χ0n) is 11.0. The van der Waals surface area contributed by atoms with Crippen molar-refractivity contribution in [3.63, 3.8) is 0 Å². The predicted molar refractivity (Wildman–Crippen MR) is 71.0 cm³/mol. The first-order valence-electron chi connectivity index (χ1n) is 6.77. The Morgan fingerprint density at radius 2 is 2.28 bits per heavy atom. The molecule has 1 aromatic rings. The zero-order chi connectivity index (χ0) is 13.0. The Labute approximate surface area is 108 Å². The van der Waals surface area contributed by atoms with E-state index >= 15 is 0 Å². The van der Waals surface area contributed by atoms with Crippen LogP contribution in [0.1, 0.15) is 36.8 Å². The highest BCUT2D eigenvalue weighted by atomic mass is 19.1. The van der Waals surface area contributed by atoms with Gasteiger partial charge >= 0.3 is 0 Å². The molecular weight excluding hydrogens is 229 g/mol. The standard InChI is InChI=1S/C15H22FNO/c1-11-5-6-13(16)8-12(11)9-14(17)10-15-4-2-3-7-18-15/h5-6,8,14-15H,2-4,7,9-10,17H2,1H3. The van der Waals surface area contributed by atoms with Crippen molar-refractivity contribution in [2.45, 2.75) is 51.2 Å². The number of hydrogen-bond donors (Lipinski definition) is 1. The molecule has 2 N–H and O–H groups in total. The number of ether oxygens (including phenoxy) is 1. The van der Waals surface area contributed by atoms with E-state index in [0.29, 0.717) is 6.10 Å². The van der Waals surface area contributed by atoms with Gasteiger partial charge in [0, 0.05) is 12.6 Å². The van der Waals surface area contributed by atoms with Gasteiger partial charge in [0.25, 0.3) is 0 Å². The lowest BCUT2D eigenvalue weighted by molar-refractivity contribution is 0.00746.